The van der Waals surface area contributed by atoms with Gasteiger partial charge in [0.2, 0.25) is 0 Å². The van der Waals surface area contributed by atoms with Crippen molar-refractivity contribution in [2.75, 3.05) is 14.2 Å². The van der Waals surface area contributed by atoms with Crippen LogP contribution in [0.3, 0.4) is 0 Å². The lowest BCUT2D eigenvalue weighted by Crippen LogP contribution is -2.36. The van der Waals surface area contributed by atoms with Crippen molar-refractivity contribution in [2.45, 2.75) is 33.0 Å². The van der Waals surface area contributed by atoms with Gasteiger partial charge >= 0.3 is 5.97 Å². The van der Waals surface area contributed by atoms with Crippen LogP contribution in [-0.2, 0) is 27.4 Å². The van der Waals surface area contributed by atoms with E-state index < -0.39 is 12.1 Å². The molecule has 7 heteroatoms. The van der Waals surface area contributed by atoms with E-state index >= 15 is 0 Å². The van der Waals surface area contributed by atoms with E-state index in [0.29, 0.717) is 11.5 Å². The molecule has 1 unspecified atom stereocenters. The number of nitrogens with one attached hydrogen (secondary N) is 1. The average molecular weight is 410 g/mol. The van der Waals surface area contributed by atoms with Gasteiger partial charge < -0.3 is 24.1 Å². The number of methoxy groups -OCH3 is 2. The van der Waals surface area contributed by atoms with Crippen LogP contribution in [-0.4, -0.2) is 36.8 Å². The summed E-state index contributed by atoms with van der Waals surface area (Å²) in [6.45, 7) is 3.82. The van der Waals surface area contributed by atoms with Gasteiger partial charge in [0, 0.05) is 17.8 Å². The maximum absolute atomic E-state index is 12.4. The van der Waals surface area contributed by atoms with E-state index in [1.807, 2.05) is 47.9 Å². The van der Waals surface area contributed by atoms with Gasteiger partial charge in [-0.1, -0.05) is 24.3 Å². The number of aryl methyl sites for hydroxylation is 1. The lowest BCUT2D eigenvalue weighted by molar-refractivity contribution is -0.155. The van der Waals surface area contributed by atoms with Crippen LogP contribution in [0, 0.1) is 6.92 Å². The van der Waals surface area contributed by atoms with Gasteiger partial charge in [0.25, 0.3) is 5.91 Å². The topological polar surface area (TPSA) is 78.8 Å². The third-order valence-electron chi connectivity index (χ3n) is 4.90. The highest BCUT2D eigenvalue weighted by Crippen LogP contribution is 2.27. The molecule has 0 radical (unpaired) electrons. The molecule has 0 spiro atoms. The molecule has 0 saturated heterocycles. The molecule has 0 aliphatic rings. The minimum atomic E-state index is -0.903. The summed E-state index contributed by atoms with van der Waals surface area (Å²) in [5.74, 6) is 0.362. The van der Waals surface area contributed by atoms with Crippen molar-refractivity contribution in [3.8, 4) is 11.5 Å². The lowest BCUT2D eigenvalue weighted by Gasteiger charge is -2.15. The van der Waals surface area contributed by atoms with Gasteiger partial charge in [0.15, 0.2) is 17.6 Å². The quantitative estimate of drug-likeness (QED) is 0.577. The molecule has 1 heterocycles. The molecule has 1 atom stereocenters. The van der Waals surface area contributed by atoms with Crippen molar-refractivity contribution in [2.24, 2.45) is 0 Å². The van der Waals surface area contributed by atoms with Crippen LogP contribution in [0.25, 0.3) is 10.9 Å². The first-order chi connectivity index (χ1) is 14.4. The number of amides is 1. The van der Waals surface area contributed by atoms with Gasteiger partial charge in [-0.25, -0.2) is 0 Å². The van der Waals surface area contributed by atoms with Gasteiger partial charge in [0.05, 0.1) is 14.2 Å². The first kappa shape index (κ1) is 21.2. The zero-order valence-corrected chi connectivity index (χ0v) is 17.6. The number of hydrogen-bond acceptors (Lipinski definition) is 5. The Kier molecular flexibility index (Phi) is 6.61. The Morgan fingerprint density at radius 1 is 1.03 bits per heavy atom. The molecule has 0 fully saturated rings. The molecule has 7 nitrogen and oxygen atoms in total. The monoisotopic (exact) mass is 410 g/mol. The standard InChI is InChI=1S/C23H26N2O5/c1-15-11-18-7-5-6-8-19(18)25(15)14-22(26)30-16(2)23(27)24-13-17-9-10-20(28-3)21(12-17)29-4/h5-12,16H,13-14H2,1-4H3,(H,24,27). The Morgan fingerprint density at radius 2 is 1.77 bits per heavy atom. The minimum Gasteiger partial charge on any atom is -0.493 e. The Hall–Kier alpha value is -3.48. The van der Waals surface area contributed by atoms with Crippen LogP contribution >= 0.6 is 0 Å². The molecule has 3 rings (SSSR count). The van der Waals surface area contributed by atoms with Crippen molar-refractivity contribution in [1.29, 1.82) is 0 Å². The highest BCUT2D eigenvalue weighted by molar-refractivity contribution is 5.85. The van der Waals surface area contributed by atoms with Crippen molar-refractivity contribution < 1.29 is 23.8 Å². The number of esters is 1. The summed E-state index contributed by atoms with van der Waals surface area (Å²) in [7, 11) is 3.12. The third-order valence-corrected chi connectivity index (χ3v) is 4.90. The number of carbonyl (C=O) groups excluding carboxylic acids is 2. The number of rotatable bonds is 8. The first-order valence-corrected chi connectivity index (χ1v) is 9.66. The number of para-hydroxylation sites is 1. The number of fused-ring (bicyclic) bond motifs is 1. The highest BCUT2D eigenvalue weighted by atomic mass is 16.5. The molecule has 1 aromatic heterocycles. The van der Waals surface area contributed by atoms with Crippen LogP contribution < -0.4 is 14.8 Å². The number of aromatic nitrogens is 1. The summed E-state index contributed by atoms with van der Waals surface area (Å²) in [5, 5.41) is 3.83. The second-order valence-corrected chi connectivity index (χ2v) is 6.97. The number of nitrogens with zero attached hydrogens (tertiary/aromatic N) is 1. The minimum absolute atomic E-state index is 0.0483. The largest absolute Gasteiger partial charge is 0.493 e. The van der Waals surface area contributed by atoms with Crippen LogP contribution in [0.1, 0.15) is 18.2 Å². The summed E-state index contributed by atoms with van der Waals surface area (Å²) in [6.07, 6.45) is -0.903. The predicted octanol–water partition coefficient (Wildman–Crippen LogP) is 3.22. The molecule has 0 bridgehead atoms. The van der Waals surface area contributed by atoms with Crippen molar-refractivity contribution in [3.63, 3.8) is 0 Å². The number of benzene rings is 2. The lowest BCUT2D eigenvalue weighted by atomic mass is 10.2. The van der Waals surface area contributed by atoms with E-state index in [9.17, 15) is 9.59 Å². The van der Waals surface area contributed by atoms with Crippen molar-refractivity contribution >= 4 is 22.8 Å². The van der Waals surface area contributed by atoms with Crippen molar-refractivity contribution in [1.82, 2.24) is 9.88 Å². The summed E-state index contributed by atoms with van der Waals surface area (Å²) < 4.78 is 17.7. The molecule has 0 aliphatic heterocycles. The summed E-state index contributed by atoms with van der Waals surface area (Å²) >= 11 is 0. The maximum atomic E-state index is 12.4. The molecular weight excluding hydrogens is 384 g/mol. The molecule has 30 heavy (non-hydrogen) atoms. The zero-order chi connectivity index (χ0) is 21.7. The highest BCUT2D eigenvalue weighted by Gasteiger charge is 2.19. The predicted molar refractivity (Wildman–Crippen MR) is 114 cm³/mol. The second kappa shape index (κ2) is 9.35. The van der Waals surface area contributed by atoms with E-state index in [-0.39, 0.29) is 19.0 Å². The molecule has 158 valence electrons. The Bertz CT molecular complexity index is 1060. The summed E-state index contributed by atoms with van der Waals surface area (Å²) in [4.78, 5) is 24.8. The van der Waals surface area contributed by atoms with Crippen LogP contribution in [0.2, 0.25) is 0 Å². The van der Waals surface area contributed by atoms with Crippen molar-refractivity contribution in [3.05, 3.63) is 59.8 Å². The van der Waals surface area contributed by atoms with Gasteiger partial charge in [0.1, 0.15) is 6.54 Å². The maximum Gasteiger partial charge on any atom is 0.326 e. The fourth-order valence-corrected chi connectivity index (χ4v) is 3.30. The Labute approximate surface area is 175 Å². The third kappa shape index (κ3) is 4.74. The molecule has 2 aromatic carbocycles. The average Bonchev–Trinajstić information content (AvgIpc) is 3.06. The van der Waals surface area contributed by atoms with Crippen LogP contribution in [0.4, 0.5) is 0 Å². The van der Waals surface area contributed by atoms with E-state index in [0.717, 1.165) is 22.2 Å². The molecule has 1 amide bonds. The number of hydrogen-bond donors (Lipinski definition) is 1. The Morgan fingerprint density at radius 3 is 2.50 bits per heavy atom. The van der Waals surface area contributed by atoms with Gasteiger partial charge in [-0.3, -0.25) is 9.59 Å². The normalized spacial score (nSPS) is 11.7. The van der Waals surface area contributed by atoms with Gasteiger partial charge in [-0.05, 0) is 49.1 Å². The summed E-state index contributed by atoms with van der Waals surface area (Å²) in [5.41, 5.74) is 2.75. The second-order valence-electron chi connectivity index (χ2n) is 6.97. The van der Waals surface area contributed by atoms with E-state index in [1.54, 1.807) is 33.3 Å². The van der Waals surface area contributed by atoms with Gasteiger partial charge in [-0.15, -0.1) is 0 Å². The molecular formula is C23H26N2O5. The molecule has 1 N–H and O–H groups in total. The van der Waals surface area contributed by atoms with Crippen LogP contribution in [0.5, 0.6) is 11.5 Å². The van der Waals surface area contributed by atoms with E-state index in [1.165, 1.54) is 0 Å². The van der Waals surface area contributed by atoms with E-state index in [4.69, 9.17) is 14.2 Å². The number of carbonyl (C=O) groups is 2. The van der Waals surface area contributed by atoms with Gasteiger partial charge in [-0.2, -0.15) is 0 Å². The Balaban J connectivity index is 1.56. The first-order valence-electron chi connectivity index (χ1n) is 9.66. The fourth-order valence-electron chi connectivity index (χ4n) is 3.30. The summed E-state index contributed by atoms with van der Waals surface area (Å²) in [6, 6.07) is 15.2. The molecule has 3 aromatic rings. The number of ether oxygens (including phenoxy) is 3. The fraction of sp³-hybridized carbons (Fsp3) is 0.304. The van der Waals surface area contributed by atoms with E-state index in [2.05, 4.69) is 5.32 Å². The molecule has 0 aliphatic carbocycles. The molecule has 0 saturated carbocycles. The zero-order valence-electron chi connectivity index (χ0n) is 17.6. The smallest absolute Gasteiger partial charge is 0.326 e. The van der Waals surface area contributed by atoms with Crippen LogP contribution in [0.15, 0.2) is 48.5 Å². The SMILES string of the molecule is COc1ccc(CNC(=O)C(C)OC(=O)Cn2c(C)cc3ccccc32)cc1OC.